The number of nitrogens with one attached hydrogen (secondary N) is 2. The van der Waals surface area contributed by atoms with Gasteiger partial charge in [0.05, 0.1) is 7.11 Å². The molecule has 8 heteroatoms. The highest BCUT2D eigenvalue weighted by molar-refractivity contribution is 5.81. The molecule has 8 nitrogen and oxygen atoms in total. The van der Waals surface area contributed by atoms with E-state index in [0.29, 0.717) is 5.75 Å². The van der Waals surface area contributed by atoms with Crippen LogP contribution in [0.1, 0.15) is 40.2 Å². The van der Waals surface area contributed by atoms with Crippen LogP contribution in [0.5, 0.6) is 5.75 Å². The molecular formula is C19H28N2O6. The minimum absolute atomic E-state index is 0.0310. The third-order valence-corrected chi connectivity index (χ3v) is 3.16. The molecule has 0 aliphatic heterocycles. The number of benzene rings is 1. The second-order valence-corrected chi connectivity index (χ2v) is 7.26. The van der Waals surface area contributed by atoms with E-state index in [-0.39, 0.29) is 12.5 Å². The molecule has 0 aliphatic carbocycles. The van der Waals surface area contributed by atoms with Crippen molar-refractivity contribution in [3.8, 4) is 5.75 Å². The summed E-state index contributed by atoms with van der Waals surface area (Å²) in [6.45, 7) is 8.85. The van der Waals surface area contributed by atoms with Crippen LogP contribution in [0.3, 0.4) is 0 Å². The number of hydrogen-bond donors (Lipinski definition) is 2. The molecule has 0 saturated carbocycles. The molecule has 0 bridgehead atoms. The Labute approximate surface area is 159 Å². The lowest BCUT2D eigenvalue weighted by Gasteiger charge is -2.22. The predicted molar refractivity (Wildman–Crippen MR) is 99.6 cm³/mol. The average Bonchev–Trinajstić information content (AvgIpc) is 2.52. The van der Waals surface area contributed by atoms with Crippen LogP contribution in [0.4, 0.5) is 9.59 Å². The summed E-state index contributed by atoms with van der Waals surface area (Å²) in [7, 11) is 1.25. The van der Waals surface area contributed by atoms with E-state index in [4.69, 9.17) is 14.2 Å². The maximum absolute atomic E-state index is 12.0. The van der Waals surface area contributed by atoms with Gasteiger partial charge in [0.2, 0.25) is 0 Å². The van der Waals surface area contributed by atoms with Crippen LogP contribution < -0.4 is 15.4 Å². The molecule has 150 valence electrons. The number of rotatable bonds is 6. The van der Waals surface area contributed by atoms with Crippen molar-refractivity contribution in [3.05, 3.63) is 29.8 Å². The van der Waals surface area contributed by atoms with Crippen LogP contribution in [-0.2, 0) is 20.7 Å². The van der Waals surface area contributed by atoms with Crippen molar-refractivity contribution >= 4 is 18.2 Å². The molecule has 0 radical (unpaired) electrons. The van der Waals surface area contributed by atoms with Crippen molar-refractivity contribution < 1.29 is 28.6 Å². The van der Waals surface area contributed by atoms with E-state index in [2.05, 4.69) is 10.6 Å². The van der Waals surface area contributed by atoms with Gasteiger partial charge >= 0.3 is 18.2 Å². The average molecular weight is 380 g/mol. The van der Waals surface area contributed by atoms with Gasteiger partial charge in [-0.15, -0.1) is 0 Å². The zero-order chi connectivity index (χ0) is 20.6. The summed E-state index contributed by atoms with van der Waals surface area (Å²) in [6, 6.07) is 5.68. The van der Waals surface area contributed by atoms with Crippen LogP contribution in [0, 0.1) is 0 Å². The van der Waals surface area contributed by atoms with Crippen molar-refractivity contribution in [1.82, 2.24) is 10.6 Å². The first-order valence-corrected chi connectivity index (χ1v) is 8.65. The molecule has 2 N–H and O–H groups in total. The summed E-state index contributed by atoms with van der Waals surface area (Å²) < 4.78 is 15.1. The van der Waals surface area contributed by atoms with Crippen molar-refractivity contribution in [2.24, 2.45) is 0 Å². The quantitative estimate of drug-likeness (QED) is 0.736. The summed E-state index contributed by atoms with van der Waals surface area (Å²) in [4.78, 5) is 35.5. The first kappa shape index (κ1) is 22.3. The van der Waals surface area contributed by atoms with E-state index < -0.39 is 29.8 Å². The predicted octanol–water partition coefficient (Wildman–Crippen LogP) is 2.79. The van der Waals surface area contributed by atoms with Gasteiger partial charge in [-0.25, -0.2) is 14.4 Å². The minimum atomic E-state index is -0.902. The molecule has 0 aliphatic rings. The summed E-state index contributed by atoms with van der Waals surface area (Å²) in [5, 5.41) is 5.13. The third-order valence-electron chi connectivity index (χ3n) is 3.16. The number of hydrogen-bond acceptors (Lipinski definition) is 6. The number of carbonyl (C=O) groups excluding carboxylic acids is 3. The summed E-state index contributed by atoms with van der Waals surface area (Å²) in [6.07, 6.45) is -1.05. The number of alkyl carbamates (subject to hydrolysis) is 1. The maximum atomic E-state index is 12.0. The minimum Gasteiger partial charge on any atom is -0.467 e. The fraction of sp³-hybridized carbons (Fsp3) is 0.526. The maximum Gasteiger partial charge on any atom is 0.412 e. The van der Waals surface area contributed by atoms with Gasteiger partial charge in [-0.1, -0.05) is 12.1 Å². The van der Waals surface area contributed by atoms with Gasteiger partial charge in [0, 0.05) is 12.5 Å². The molecule has 1 atom stereocenters. The number of ether oxygens (including phenoxy) is 3. The van der Waals surface area contributed by atoms with E-state index in [9.17, 15) is 14.4 Å². The topological polar surface area (TPSA) is 103 Å². The third kappa shape index (κ3) is 8.94. The number of carbonyl (C=O) groups is 3. The van der Waals surface area contributed by atoms with Crippen LogP contribution in [0.2, 0.25) is 0 Å². The van der Waals surface area contributed by atoms with Crippen molar-refractivity contribution in [3.63, 3.8) is 0 Å². The van der Waals surface area contributed by atoms with E-state index in [1.54, 1.807) is 45.0 Å². The van der Waals surface area contributed by atoms with Gasteiger partial charge in [0.1, 0.15) is 17.4 Å². The molecule has 0 unspecified atom stereocenters. The molecule has 2 amide bonds. The van der Waals surface area contributed by atoms with E-state index in [1.165, 1.54) is 7.11 Å². The molecule has 0 saturated heterocycles. The zero-order valence-corrected chi connectivity index (χ0v) is 16.6. The first-order valence-electron chi connectivity index (χ1n) is 8.65. The molecule has 1 aromatic carbocycles. The normalized spacial score (nSPS) is 12.1. The van der Waals surface area contributed by atoms with Gasteiger partial charge in [0.15, 0.2) is 0 Å². The van der Waals surface area contributed by atoms with Gasteiger partial charge in [0.25, 0.3) is 0 Å². The van der Waals surface area contributed by atoms with Gasteiger partial charge in [-0.2, -0.15) is 0 Å². The number of esters is 1. The molecule has 1 rings (SSSR count). The molecular weight excluding hydrogens is 352 g/mol. The van der Waals surface area contributed by atoms with Crippen LogP contribution in [0.15, 0.2) is 24.3 Å². The Hall–Kier alpha value is -2.77. The highest BCUT2D eigenvalue weighted by atomic mass is 16.6. The Balaban J connectivity index is 2.74. The molecule has 0 aromatic heterocycles. The van der Waals surface area contributed by atoms with E-state index in [1.807, 2.05) is 13.8 Å². The van der Waals surface area contributed by atoms with E-state index in [0.717, 1.165) is 5.56 Å². The zero-order valence-electron chi connectivity index (χ0n) is 16.6. The fourth-order valence-electron chi connectivity index (χ4n) is 2.09. The summed E-state index contributed by atoms with van der Waals surface area (Å²) in [5.74, 6) is -0.218. The summed E-state index contributed by atoms with van der Waals surface area (Å²) in [5.41, 5.74) is 0.0680. The van der Waals surface area contributed by atoms with Crippen molar-refractivity contribution in [1.29, 1.82) is 0 Å². The second-order valence-electron chi connectivity index (χ2n) is 7.26. The molecule has 0 spiro atoms. The number of methoxy groups -OCH3 is 1. The van der Waals surface area contributed by atoms with Crippen molar-refractivity contribution in [2.75, 3.05) is 7.11 Å². The molecule has 27 heavy (non-hydrogen) atoms. The van der Waals surface area contributed by atoms with Gasteiger partial charge in [-0.3, -0.25) is 0 Å². The Kier molecular flexibility index (Phi) is 8.08. The molecule has 1 aromatic rings. The van der Waals surface area contributed by atoms with Crippen LogP contribution in [0.25, 0.3) is 0 Å². The smallest absolute Gasteiger partial charge is 0.412 e. The Morgan fingerprint density at radius 3 is 2.07 bits per heavy atom. The molecule has 0 heterocycles. The fourth-order valence-corrected chi connectivity index (χ4v) is 2.09. The van der Waals surface area contributed by atoms with Crippen LogP contribution in [-0.4, -0.2) is 43.0 Å². The van der Waals surface area contributed by atoms with E-state index >= 15 is 0 Å². The number of amides is 2. The summed E-state index contributed by atoms with van der Waals surface area (Å²) >= 11 is 0. The lowest BCUT2D eigenvalue weighted by Crippen LogP contribution is -2.45. The largest absolute Gasteiger partial charge is 0.467 e. The lowest BCUT2D eigenvalue weighted by atomic mass is 10.1. The standard InChI is InChI=1S/C19H28N2O6/c1-12(2)20-17(23)26-14-9-7-13(8-10-14)11-15(16(22)25-6)21-18(24)27-19(3,4)5/h7-10,12,15H,11H2,1-6H3,(H,20,23)(H,21,24)/t15-/m0/s1. The lowest BCUT2D eigenvalue weighted by molar-refractivity contribution is -0.143. The van der Waals surface area contributed by atoms with Gasteiger partial charge in [-0.05, 0) is 52.3 Å². The highest BCUT2D eigenvalue weighted by Crippen LogP contribution is 2.15. The Morgan fingerprint density at radius 2 is 1.59 bits per heavy atom. The monoisotopic (exact) mass is 380 g/mol. The van der Waals surface area contributed by atoms with Crippen LogP contribution >= 0.6 is 0 Å². The first-order chi connectivity index (χ1) is 12.5. The SMILES string of the molecule is COC(=O)[C@H](Cc1ccc(OC(=O)NC(C)C)cc1)NC(=O)OC(C)(C)C. The Bertz CT molecular complexity index is 649. The second kappa shape index (κ2) is 9.80. The van der Waals surface area contributed by atoms with Gasteiger partial charge < -0.3 is 24.8 Å². The highest BCUT2D eigenvalue weighted by Gasteiger charge is 2.25. The Morgan fingerprint density at radius 1 is 1.00 bits per heavy atom. The molecule has 0 fully saturated rings. The van der Waals surface area contributed by atoms with Crippen molar-refractivity contribution in [2.45, 2.75) is 58.7 Å².